The van der Waals surface area contributed by atoms with Crippen molar-refractivity contribution in [3.05, 3.63) is 60.7 Å². The highest BCUT2D eigenvalue weighted by atomic mass is 127. The summed E-state index contributed by atoms with van der Waals surface area (Å²) in [6.07, 6.45) is 0. The molecular weight excluding hydrogens is 630 g/mol. The van der Waals surface area contributed by atoms with Crippen molar-refractivity contribution in [3.8, 4) is 0 Å². The molecule has 0 radical (unpaired) electrons. The van der Waals surface area contributed by atoms with E-state index in [0.717, 1.165) is 10.4 Å². The fourth-order valence-electron chi connectivity index (χ4n) is 3.03. The Morgan fingerprint density at radius 2 is 0.926 bits per heavy atom. The molecule has 9 heteroatoms. The van der Waals surface area contributed by atoms with Crippen LogP contribution in [0.15, 0.2) is 60.7 Å². The smallest absolute Gasteiger partial charge is 0.388 e. The van der Waals surface area contributed by atoms with E-state index in [9.17, 15) is 0 Å². The van der Waals surface area contributed by atoms with Crippen LogP contribution in [0.2, 0.25) is 39.3 Å². The SMILES string of the molecule is C[Si](C)(I)O[Si](C)(C)O[Si](O[Si](C)(C)I)(c1ccccc1)c1ccccc1. The van der Waals surface area contributed by atoms with Gasteiger partial charge in [0.05, 0.1) is 0 Å². The molecule has 0 N–H and O–H groups in total. The van der Waals surface area contributed by atoms with Crippen LogP contribution in [0.1, 0.15) is 0 Å². The zero-order valence-electron chi connectivity index (χ0n) is 16.8. The van der Waals surface area contributed by atoms with Crippen LogP contribution in [0.5, 0.6) is 0 Å². The Bertz CT molecular complexity index is 692. The van der Waals surface area contributed by atoms with E-state index in [1.807, 2.05) is 12.1 Å². The summed E-state index contributed by atoms with van der Waals surface area (Å²) in [5, 5.41) is 2.29. The third-order valence-corrected chi connectivity index (χ3v) is 19.8. The molecule has 0 saturated heterocycles. The van der Waals surface area contributed by atoms with Gasteiger partial charge in [0, 0.05) is 0 Å². The first-order valence-corrected chi connectivity index (χ1v) is 25.6. The predicted octanol–water partition coefficient (Wildman–Crippen LogP) is 5.27. The molecule has 0 aliphatic rings. The molecule has 0 amide bonds. The molecule has 2 aromatic rings. The fraction of sp³-hybridized carbons (Fsp3) is 0.333. The standard InChI is InChI=1S/C18H28I2O3Si4/c1-24(2,19)21-26(5,6)23-27(22-25(3,4)20,17-13-9-7-10-14-17)18-15-11-8-12-16-18/h7-16H,1-6H3. The largest absolute Gasteiger partial charge is 0.428 e. The summed E-state index contributed by atoms with van der Waals surface area (Å²) in [5.41, 5.74) is 0. The molecule has 27 heavy (non-hydrogen) atoms. The number of hydrogen-bond acceptors (Lipinski definition) is 3. The van der Waals surface area contributed by atoms with Gasteiger partial charge in [0.15, 0.2) is 0 Å². The molecule has 0 saturated carbocycles. The normalized spacial score (nSPS) is 13.6. The third kappa shape index (κ3) is 7.44. The van der Waals surface area contributed by atoms with Gasteiger partial charge in [-0.05, 0) is 49.7 Å². The van der Waals surface area contributed by atoms with Gasteiger partial charge in [-0.3, -0.25) is 0 Å². The van der Waals surface area contributed by atoms with Crippen molar-refractivity contribution in [2.24, 2.45) is 0 Å². The summed E-state index contributed by atoms with van der Waals surface area (Å²) in [5.74, 6) is -3.70. The van der Waals surface area contributed by atoms with Crippen LogP contribution >= 0.6 is 43.6 Å². The van der Waals surface area contributed by atoms with Crippen molar-refractivity contribution in [2.45, 2.75) is 39.3 Å². The quantitative estimate of drug-likeness (QED) is 0.220. The molecule has 0 bridgehead atoms. The molecular formula is C18H28I2O3Si4. The van der Waals surface area contributed by atoms with E-state index in [2.05, 4.69) is 131 Å². The van der Waals surface area contributed by atoms with E-state index in [0.29, 0.717) is 0 Å². The first-order chi connectivity index (χ1) is 12.3. The molecule has 2 rings (SSSR count). The van der Waals surface area contributed by atoms with Crippen LogP contribution < -0.4 is 10.4 Å². The van der Waals surface area contributed by atoms with E-state index in [-0.39, 0.29) is 0 Å². The lowest BCUT2D eigenvalue weighted by atomic mass is 10.4. The van der Waals surface area contributed by atoms with Crippen molar-refractivity contribution < 1.29 is 12.3 Å². The Labute approximate surface area is 193 Å². The van der Waals surface area contributed by atoms with E-state index in [1.165, 1.54) is 0 Å². The van der Waals surface area contributed by atoms with E-state index < -0.39 is 28.7 Å². The monoisotopic (exact) mass is 658 g/mol. The van der Waals surface area contributed by atoms with Crippen LogP contribution in [0, 0.1) is 0 Å². The molecule has 0 spiro atoms. The number of rotatable bonds is 8. The van der Waals surface area contributed by atoms with Gasteiger partial charge in [0.2, 0.25) is 11.6 Å². The highest BCUT2D eigenvalue weighted by Gasteiger charge is 2.51. The zero-order valence-corrected chi connectivity index (χ0v) is 25.1. The van der Waals surface area contributed by atoms with Gasteiger partial charge in [-0.15, -0.1) is 0 Å². The van der Waals surface area contributed by atoms with E-state index >= 15 is 0 Å². The lowest BCUT2D eigenvalue weighted by Crippen LogP contribution is -2.70. The predicted molar refractivity (Wildman–Crippen MR) is 142 cm³/mol. The Balaban J connectivity index is 2.65. The van der Waals surface area contributed by atoms with Gasteiger partial charge < -0.3 is 12.3 Å². The Kier molecular flexibility index (Phi) is 8.15. The zero-order chi connectivity index (χ0) is 20.3. The first kappa shape index (κ1) is 23.9. The summed E-state index contributed by atoms with van der Waals surface area (Å²) in [6, 6.07) is 20.9. The molecule has 0 aliphatic carbocycles. The summed E-state index contributed by atoms with van der Waals surface area (Å²) in [7, 11) is -5.34. The molecule has 0 heterocycles. The highest BCUT2D eigenvalue weighted by Crippen LogP contribution is 2.28. The van der Waals surface area contributed by atoms with Gasteiger partial charge in [-0.1, -0.05) is 104 Å². The number of benzene rings is 2. The maximum Gasteiger partial charge on any atom is 0.388 e. The van der Waals surface area contributed by atoms with Crippen LogP contribution in [-0.2, 0) is 12.3 Å². The van der Waals surface area contributed by atoms with Crippen LogP contribution in [0.4, 0.5) is 0 Å². The minimum absolute atomic E-state index is 1.14. The summed E-state index contributed by atoms with van der Waals surface area (Å²) in [6.45, 7) is 13.2. The molecule has 0 fully saturated rings. The third-order valence-electron chi connectivity index (χ3n) is 3.57. The van der Waals surface area contributed by atoms with E-state index in [4.69, 9.17) is 12.3 Å². The summed E-state index contributed by atoms with van der Waals surface area (Å²) in [4.78, 5) is 0. The first-order valence-electron chi connectivity index (χ1n) is 8.92. The van der Waals surface area contributed by atoms with Crippen molar-refractivity contribution in [1.82, 2.24) is 0 Å². The molecule has 0 atom stereocenters. The molecule has 2 aromatic carbocycles. The van der Waals surface area contributed by atoms with Gasteiger partial charge in [0.25, 0.3) is 0 Å². The highest BCUT2D eigenvalue weighted by molar-refractivity contribution is 14.1. The Morgan fingerprint density at radius 3 is 1.26 bits per heavy atom. The lowest BCUT2D eigenvalue weighted by Gasteiger charge is -2.42. The molecule has 148 valence electrons. The van der Waals surface area contributed by atoms with Crippen LogP contribution in [0.3, 0.4) is 0 Å². The topological polar surface area (TPSA) is 27.7 Å². The van der Waals surface area contributed by atoms with Crippen molar-refractivity contribution in [3.63, 3.8) is 0 Å². The summed E-state index contributed by atoms with van der Waals surface area (Å²) >= 11 is 4.95. The maximum atomic E-state index is 7.04. The Morgan fingerprint density at radius 1 is 0.556 bits per heavy atom. The second kappa shape index (κ2) is 9.20. The second-order valence-corrected chi connectivity index (χ2v) is 36.5. The average Bonchev–Trinajstić information content (AvgIpc) is 2.52. The fourth-order valence-corrected chi connectivity index (χ4v) is 25.3. The number of halogens is 2. The van der Waals surface area contributed by atoms with Crippen LogP contribution in [-0.4, -0.2) is 28.7 Å². The van der Waals surface area contributed by atoms with Crippen molar-refractivity contribution >= 4 is 82.7 Å². The minimum Gasteiger partial charge on any atom is -0.428 e. The lowest BCUT2D eigenvalue weighted by molar-refractivity contribution is 0.351. The van der Waals surface area contributed by atoms with Gasteiger partial charge in [-0.2, -0.15) is 0 Å². The van der Waals surface area contributed by atoms with Gasteiger partial charge >= 0.3 is 17.1 Å². The van der Waals surface area contributed by atoms with Crippen LogP contribution in [0.25, 0.3) is 0 Å². The number of hydrogen-bond donors (Lipinski definition) is 0. The minimum atomic E-state index is -2.91. The van der Waals surface area contributed by atoms with Crippen molar-refractivity contribution in [1.29, 1.82) is 0 Å². The van der Waals surface area contributed by atoms with Crippen molar-refractivity contribution in [2.75, 3.05) is 0 Å². The maximum absolute atomic E-state index is 7.04. The van der Waals surface area contributed by atoms with Gasteiger partial charge in [-0.25, -0.2) is 0 Å². The molecule has 0 aromatic heterocycles. The summed E-state index contributed by atoms with van der Waals surface area (Å²) < 4.78 is 20.5. The molecule has 0 aliphatic heterocycles. The Hall–Kier alpha value is 0.648. The average molecular weight is 659 g/mol. The van der Waals surface area contributed by atoms with Gasteiger partial charge in [0.1, 0.15) is 0 Å². The molecule has 0 unspecified atom stereocenters. The molecule has 3 nitrogen and oxygen atoms in total. The second-order valence-electron chi connectivity index (χ2n) is 7.78. The van der Waals surface area contributed by atoms with E-state index in [1.54, 1.807) is 0 Å².